The van der Waals surface area contributed by atoms with Gasteiger partial charge in [-0.1, -0.05) is 25.4 Å². The van der Waals surface area contributed by atoms with Gasteiger partial charge in [0.05, 0.1) is 11.2 Å². The lowest BCUT2D eigenvalue weighted by atomic mass is 10.4. The molecule has 13 heavy (non-hydrogen) atoms. The third-order valence-corrected chi connectivity index (χ3v) is 1.27. The molecule has 0 atom stereocenters. The van der Waals surface area contributed by atoms with Crippen molar-refractivity contribution in [1.29, 1.82) is 0 Å². The molecule has 0 fully saturated rings. The van der Waals surface area contributed by atoms with Crippen LogP contribution in [0.1, 0.15) is 24.3 Å². The van der Waals surface area contributed by atoms with Crippen molar-refractivity contribution in [2.24, 2.45) is 5.73 Å². The molecule has 0 spiro atoms. The number of nitrogens with two attached hydrogens (primary N) is 2. The maximum atomic E-state index is 10.6. The average Bonchev–Trinajstić information content (AvgIpc) is 2.12. The molecule has 0 radical (unpaired) electrons. The third-order valence-electron chi connectivity index (χ3n) is 0.996. The fourth-order valence-corrected chi connectivity index (χ4v) is 0.738. The first-order chi connectivity index (χ1) is 6.11. The zero-order chi connectivity index (χ0) is 10.4. The van der Waals surface area contributed by atoms with Crippen LogP contribution in [0.5, 0.6) is 0 Å². The van der Waals surface area contributed by atoms with Crippen molar-refractivity contribution in [3.8, 4) is 0 Å². The van der Waals surface area contributed by atoms with Crippen molar-refractivity contribution in [2.45, 2.75) is 13.8 Å². The predicted molar refractivity (Wildman–Crippen MR) is 51.3 cm³/mol. The summed E-state index contributed by atoms with van der Waals surface area (Å²) >= 11 is 5.51. The Morgan fingerprint density at radius 2 is 2.08 bits per heavy atom. The van der Waals surface area contributed by atoms with E-state index in [9.17, 15) is 4.79 Å². The van der Waals surface area contributed by atoms with Crippen molar-refractivity contribution in [2.75, 3.05) is 5.73 Å². The molecule has 1 aromatic heterocycles. The van der Waals surface area contributed by atoms with Crippen LogP contribution < -0.4 is 11.5 Å². The Labute approximate surface area is 81.1 Å². The van der Waals surface area contributed by atoms with Gasteiger partial charge in [-0.05, 0) is 0 Å². The molecule has 5 nitrogen and oxygen atoms in total. The number of halogens is 1. The number of carbonyl (C=O) groups is 1. The lowest BCUT2D eigenvalue weighted by Gasteiger charge is -1.97. The first-order valence-corrected chi connectivity index (χ1v) is 4.07. The summed E-state index contributed by atoms with van der Waals surface area (Å²) in [6, 6.07) is 0. The maximum Gasteiger partial charge on any atom is 0.269 e. The number of hydrogen-bond donors (Lipinski definition) is 2. The summed E-state index contributed by atoms with van der Waals surface area (Å²) in [4.78, 5) is 17.6. The zero-order valence-electron chi connectivity index (χ0n) is 7.41. The predicted octanol–water partition coefficient (Wildman–Crippen LogP) is 0.837. The summed E-state index contributed by atoms with van der Waals surface area (Å²) < 4.78 is 0. The molecule has 1 rings (SSSR count). The summed E-state index contributed by atoms with van der Waals surface area (Å²) in [5, 5.41) is 0.103. The molecule has 1 aromatic rings. The van der Waals surface area contributed by atoms with Crippen LogP contribution in [0.3, 0.4) is 0 Å². The van der Waals surface area contributed by atoms with Crippen LogP contribution >= 0.6 is 11.6 Å². The van der Waals surface area contributed by atoms with E-state index in [1.165, 1.54) is 6.20 Å². The Kier molecular flexibility index (Phi) is 4.76. The standard InChI is InChI=1S/C5H5ClN4O.C2H6/c6-2-1-9-5(8)10-3(2)4(7)11;1-2/h1H,(H2,7,11)(H2,8,9,10);1-2H3. The molecule has 0 saturated heterocycles. The highest BCUT2D eigenvalue weighted by atomic mass is 35.5. The van der Waals surface area contributed by atoms with E-state index in [1.54, 1.807) is 0 Å². The summed E-state index contributed by atoms with van der Waals surface area (Å²) in [7, 11) is 0. The van der Waals surface area contributed by atoms with Crippen molar-refractivity contribution in [3.05, 3.63) is 16.9 Å². The van der Waals surface area contributed by atoms with Crippen molar-refractivity contribution in [1.82, 2.24) is 9.97 Å². The average molecular weight is 203 g/mol. The van der Waals surface area contributed by atoms with Gasteiger partial charge in [0.1, 0.15) is 0 Å². The SMILES string of the molecule is CC.NC(=O)c1nc(N)ncc1Cl. The molecule has 4 N–H and O–H groups in total. The Morgan fingerprint density at radius 1 is 1.54 bits per heavy atom. The quantitative estimate of drug-likeness (QED) is 0.706. The van der Waals surface area contributed by atoms with E-state index in [4.69, 9.17) is 23.1 Å². The second-order valence-electron chi connectivity index (χ2n) is 1.79. The van der Waals surface area contributed by atoms with Crippen LogP contribution in [0.25, 0.3) is 0 Å². The number of nitrogen functional groups attached to an aromatic ring is 1. The number of anilines is 1. The van der Waals surface area contributed by atoms with Gasteiger partial charge in [0.2, 0.25) is 5.95 Å². The van der Waals surface area contributed by atoms with E-state index >= 15 is 0 Å². The molecular formula is C7H11ClN4O. The molecule has 0 aliphatic carbocycles. The van der Waals surface area contributed by atoms with E-state index in [0.29, 0.717) is 0 Å². The Hall–Kier alpha value is -1.36. The minimum absolute atomic E-state index is 0.0248. The highest BCUT2D eigenvalue weighted by molar-refractivity contribution is 6.33. The minimum Gasteiger partial charge on any atom is -0.368 e. The lowest BCUT2D eigenvalue weighted by molar-refractivity contribution is 0.0995. The fourth-order valence-electron chi connectivity index (χ4n) is 0.554. The lowest BCUT2D eigenvalue weighted by Crippen LogP contribution is -2.15. The first kappa shape index (κ1) is 11.6. The Bertz CT molecular complexity index is 303. The van der Waals surface area contributed by atoms with E-state index < -0.39 is 5.91 Å². The van der Waals surface area contributed by atoms with Crippen LogP contribution in [-0.4, -0.2) is 15.9 Å². The van der Waals surface area contributed by atoms with E-state index in [-0.39, 0.29) is 16.7 Å². The summed E-state index contributed by atoms with van der Waals surface area (Å²) in [6.07, 6.45) is 1.23. The molecule has 0 aliphatic heterocycles. The van der Waals surface area contributed by atoms with Gasteiger partial charge >= 0.3 is 0 Å². The number of hydrogen-bond acceptors (Lipinski definition) is 4. The molecule has 72 valence electrons. The molecule has 1 amide bonds. The number of primary amides is 1. The normalized spacial score (nSPS) is 8.54. The van der Waals surface area contributed by atoms with Crippen LogP contribution in [0, 0.1) is 0 Å². The van der Waals surface area contributed by atoms with Crippen LogP contribution in [-0.2, 0) is 0 Å². The zero-order valence-corrected chi connectivity index (χ0v) is 8.17. The highest BCUT2D eigenvalue weighted by Crippen LogP contribution is 2.11. The van der Waals surface area contributed by atoms with Gasteiger partial charge in [-0.3, -0.25) is 4.79 Å². The number of amides is 1. The van der Waals surface area contributed by atoms with Gasteiger partial charge < -0.3 is 11.5 Å². The highest BCUT2D eigenvalue weighted by Gasteiger charge is 2.08. The van der Waals surface area contributed by atoms with E-state index in [0.717, 1.165) is 0 Å². The number of carbonyl (C=O) groups excluding carboxylic acids is 1. The second kappa shape index (κ2) is 5.31. The second-order valence-corrected chi connectivity index (χ2v) is 2.20. The minimum atomic E-state index is -0.718. The monoisotopic (exact) mass is 202 g/mol. The Morgan fingerprint density at radius 3 is 2.46 bits per heavy atom. The number of aromatic nitrogens is 2. The van der Waals surface area contributed by atoms with Crippen LogP contribution in [0.15, 0.2) is 6.20 Å². The largest absolute Gasteiger partial charge is 0.368 e. The van der Waals surface area contributed by atoms with Crippen LogP contribution in [0.2, 0.25) is 5.02 Å². The van der Waals surface area contributed by atoms with Crippen molar-refractivity contribution in [3.63, 3.8) is 0 Å². The summed E-state index contributed by atoms with van der Waals surface area (Å²) in [5.74, 6) is -0.743. The summed E-state index contributed by atoms with van der Waals surface area (Å²) in [6.45, 7) is 4.00. The molecule has 1 heterocycles. The maximum absolute atomic E-state index is 10.6. The molecule has 0 aliphatic rings. The topological polar surface area (TPSA) is 94.9 Å². The van der Waals surface area contributed by atoms with Crippen molar-refractivity contribution < 1.29 is 4.79 Å². The molecule has 0 saturated carbocycles. The van der Waals surface area contributed by atoms with Gasteiger partial charge in [-0.25, -0.2) is 9.97 Å². The van der Waals surface area contributed by atoms with Crippen molar-refractivity contribution >= 4 is 23.5 Å². The van der Waals surface area contributed by atoms with E-state index in [2.05, 4.69) is 9.97 Å². The molecule has 0 aromatic carbocycles. The molecule has 0 unspecified atom stereocenters. The molecular weight excluding hydrogens is 192 g/mol. The smallest absolute Gasteiger partial charge is 0.269 e. The number of nitrogens with zero attached hydrogens (tertiary/aromatic N) is 2. The van der Waals surface area contributed by atoms with Gasteiger partial charge in [-0.2, -0.15) is 0 Å². The Balaban J connectivity index is 0.000000671. The van der Waals surface area contributed by atoms with Gasteiger partial charge in [0.25, 0.3) is 5.91 Å². The summed E-state index contributed by atoms with van der Waals surface area (Å²) in [5.41, 5.74) is 10.0. The number of rotatable bonds is 1. The fraction of sp³-hybridized carbons (Fsp3) is 0.286. The first-order valence-electron chi connectivity index (χ1n) is 3.69. The molecule has 0 bridgehead atoms. The third kappa shape index (κ3) is 3.25. The van der Waals surface area contributed by atoms with Crippen LogP contribution in [0.4, 0.5) is 5.95 Å². The van der Waals surface area contributed by atoms with Gasteiger partial charge in [0.15, 0.2) is 5.69 Å². The van der Waals surface area contributed by atoms with Gasteiger partial charge in [0, 0.05) is 0 Å². The van der Waals surface area contributed by atoms with Gasteiger partial charge in [-0.15, -0.1) is 0 Å². The van der Waals surface area contributed by atoms with E-state index in [1.807, 2.05) is 13.8 Å². The molecule has 6 heteroatoms.